The van der Waals surface area contributed by atoms with Crippen LogP contribution in [0.2, 0.25) is 0 Å². The van der Waals surface area contributed by atoms with Crippen molar-refractivity contribution in [2.45, 2.75) is 25.8 Å². The first-order valence-corrected chi connectivity index (χ1v) is 9.48. The minimum absolute atomic E-state index is 0.0741. The van der Waals surface area contributed by atoms with Gasteiger partial charge in [0.1, 0.15) is 0 Å². The van der Waals surface area contributed by atoms with Crippen LogP contribution >= 0.6 is 12.2 Å². The summed E-state index contributed by atoms with van der Waals surface area (Å²) in [5.41, 5.74) is 5.61. The quantitative estimate of drug-likeness (QED) is 0.731. The van der Waals surface area contributed by atoms with Gasteiger partial charge in [-0.1, -0.05) is 0 Å². The number of likely N-dealkylation sites (tertiary alicyclic amines) is 1. The van der Waals surface area contributed by atoms with Gasteiger partial charge in [-0.2, -0.15) is 0 Å². The van der Waals surface area contributed by atoms with Crippen molar-refractivity contribution in [1.82, 2.24) is 14.5 Å². The molecule has 9 nitrogen and oxygen atoms in total. The number of rotatable bonds is 4. The molecule has 0 radical (unpaired) electrons. The molecule has 1 aromatic heterocycles. The highest BCUT2D eigenvalue weighted by Gasteiger charge is 2.26. The number of H-pyrrole nitrogens is 1. The maximum absolute atomic E-state index is 12.9. The van der Waals surface area contributed by atoms with Gasteiger partial charge in [-0.3, -0.25) is 19.0 Å². The van der Waals surface area contributed by atoms with Gasteiger partial charge in [-0.25, -0.2) is 0 Å². The van der Waals surface area contributed by atoms with Crippen molar-refractivity contribution in [3.05, 3.63) is 27.3 Å². The van der Waals surface area contributed by atoms with Gasteiger partial charge in [0.25, 0.3) is 5.56 Å². The van der Waals surface area contributed by atoms with Gasteiger partial charge < -0.3 is 25.1 Å². The van der Waals surface area contributed by atoms with Crippen molar-refractivity contribution in [3.63, 3.8) is 0 Å². The Morgan fingerprint density at radius 1 is 1.21 bits per heavy atom. The third-order valence-electron chi connectivity index (χ3n) is 5.27. The molecule has 10 heteroatoms. The molecule has 0 unspecified atom stereocenters. The number of fused-ring (bicyclic) bond motifs is 2. The van der Waals surface area contributed by atoms with Crippen molar-refractivity contribution in [2.24, 2.45) is 11.7 Å². The molecular formula is C18H20N4O5S. The van der Waals surface area contributed by atoms with E-state index >= 15 is 0 Å². The molecule has 2 amide bonds. The second kappa shape index (κ2) is 7.27. The topological polar surface area (TPSA) is 120 Å². The SMILES string of the molecule is NC(=O)C1CCN(C(=O)CCn2c(=S)[nH]c3cc4c(cc3c2=O)OCO4)CC1. The average molecular weight is 404 g/mol. The largest absolute Gasteiger partial charge is 0.454 e. The molecule has 4 rings (SSSR count). The van der Waals surface area contributed by atoms with Crippen LogP contribution in [0.1, 0.15) is 19.3 Å². The molecular weight excluding hydrogens is 384 g/mol. The fourth-order valence-corrected chi connectivity index (χ4v) is 3.91. The predicted molar refractivity (Wildman–Crippen MR) is 103 cm³/mol. The lowest BCUT2D eigenvalue weighted by Gasteiger charge is -2.30. The smallest absolute Gasteiger partial charge is 0.262 e. The standard InChI is InChI=1S/C18H20N4O5S/c19-16(24)10-1-4-21(5-2-10)15(23)3-6-22-17(25)11-7-13-14(27-9-26-13)8-12(11)20-18(22)28/h7-8,10H,1-6,9H2,(H2,19,24)(H,20,28). The zero-order valence-electron chi connectivity index (χ0n) is 15.1. The summed E-state index contributed by atoms with van der Waals surface area (Å²) < 4.78 is 12.3. The normalized spacial score (nSPS) is 16.5. The zero-order valence-corrected chi connectivity index (χ0v) is 15.9. The third kappa shape index (κ3) is 3.35. The van der Waals surface area contributed by atoms with Gasteiger partial charge >= 0.3 is 0 Å². The van der Waals surface area contributed by atoms with Crippen molar-refractivity contribution in [2.75, 3.05) is 19.9 Å². The Bertz CT molecular complexity index is 1070. The van der Waals surface area contributed by atoms with Gasteiger partial charge in [0, 0.05) is 38.0 Å². The number of nitrogens with one attached hydrogen (secondary N) is 1. The van der Waals surface area contributed by atoms with E-state index in [1.807, 2.05) is 0 Å². The fourth-order valence-electron chi connectivity index (χ4n) is 3.62. The molecule has 0 saturated carbocycles. The second-order valence-electron chi connectivity index (χ2n) is 6.95. The minimum Gasteiger partial charge on any atom is -0.454 e. The second-order valence-corrected chi connectivity index (χ2v) is 7.33. The van der Waals surface area contributed by atoms with E-state index in [0.29, 0.717) is 48.3 Å². The Balaban J connectivity index is 1.50. The van der Waals surface area contributed by atoms with E-state index < -0.39 is 0 Å². The summed E-state index contributed by atoms with van der Waals surface area (Å²) in [6, 6.07) is 3.31. The van der Waals surface area contributed by atoms with E-state index in [-0.39, 0.29) is 47.8 Å². The summed E-state index contributed by atoms with van der Waals surface area (Å²) in [5, 5.41) is 0.424. The molecule has 0 atom stereocenters. The van der Waals surface area contributed by atoms with E-state index in [4.69, 9.17) is 27.4 Å². The van der Waals surface area contributed by atoms with Gasteiger partial charge in [0.05, 0.1) is 10.9 Å². The lowest BCUT2D eigenvalue weighted by molar-refractivity contribution is -0.135. The van der Waals surface area contributed by atoms with Crippen LogP contribution in [0.15, 0.2) is 16.9 Å². The summed E-state index contributed by atoms with van der Waals surface area (Å²) in [6.07, 6.45) is 1.29. The molecule has 28 heavy (non-hydrogen) atoms. The maximum Gasteiger partial charge on any atom is 0.262 e. The summed E-state index contributed by atoms with van der Waals surface area (Å²) in [7, 11) is 0. The number of carbonyl (C=O) groups is 2. The number of aromatic nitrogens is 2. The molecule has 3 heterocycles. The number of aromatic amines is 1. The molecule has 2 aliphatic heterocycles. The first kappa shape index (κ1) is 18.5. The number of piperidine rings is 1. The molecule has 1 aromatic carbocycles. The number of carbonyl (C=O) groups excluding carboxylic acids is 2. The van der Waals surface area contributed by atoms with Gasteiger partial charge in [-0.05, 0) is 31.1 Å². The molecule has 2 aliphatic rings. The molecule has 2 aromatic rings. The first-order chi connectivity index (χ1) is 13.4. The molecule has 0 aliphatic carbocycles. The number of benzene rings is 1. The highest BCUT2D eigenvalue weighted by molar-refractivity contribution is 7.71. The molecule has 3 N–H and O–H groups in total. The lowest BCUT2D eigenvalue weighted by atomic mass is 9.96. The summed E-state index contributed by atoms with van der Waals surface area (Å²) in [5.74, 6) is 0.505. The van der Waals surface area contributed by atoms with Gasteiger partial charge in [0.15, 0.2) is 16.3 Å². The number of primary amides is 1. The van der Waals surface area contributed by atoms with E-state index in [2.05, 4.69) is 4.98 Å². The van der Waals surface area contributed by atoms with Crippen molar-refractivity contribution in [3.8, 4) is 11.5 Å². The van der Waals surface area contributed by atoms with E-state index in [1.165, 1.54) is 4.57 Å². The Morgan fingerprint density at radius 3 is 2.57 bits per heavy atom. The average Bonchev–Trinajstić information content (AvgIpc) is 3.13. The highest BCUT2D eigenvalue weighted by Crippen LogP contribution is 2.34. The van der Waals surface area contributed by atoms with E-state index in [1.54, 1.807) is 17.0 Å². The van der Waals surface area contributed by atoms with Crippen LogP contribution < -0.4 is 20.8 Å². The van der Waals surface area contributed by atoms with Crippen LogP contribution in [0.4, 0.5) is 0 Å². The number of hydrogen-bond acceptors (Lipinski definition) is 6. The van der Waals surface area contributed by atoms with E-state index in [9.17, 15) is 14.4 Å². The Hall–Kier alpha value is -2.88. The van der Waals surface area contributed by atoms with Crippen molar-refractivity contribution >= 4 is 34.9 Å². The number of nitrogens with zero attached hydrogens (tertiary/aromatic N) is 2. The van der Waals surface area contributed by atoms with E-state index in [0.717, 1.165) is 0 Å². The molecule has 148 valence electrons. The highest BCUT2D eigenvalue weighted by atomic mass is 32.1. The third-order valence-corrected chi connectivity index (χ3v) is 5.60. The van der Waals surface area contributed by atoms with Crippen LogP contribution in [0, 0.1) is 10.7 Å². The predicted octanol–water partition coefficient (Wildman–Crippen LogP) is 0.902. The molecule has 0 bridgehead atoms. The molecule has 0 spiro atoms. The Kier molecular flexibility index (Phi) is 4.80. The van der Waals surface area contributed by atoms with Crippen molar-refractivity contribution < 1.29 is 19.1 Å². The van der Waals surface area contributed by atoms with Crippen molar-refractivity contribution in [1.29, 1.82) is 0 Å². The fraction of sp³-hybridized carbons (Fsp3) is 0.444. The summed E-state index contributed by atoms with van der Waals surface area (Å²) >= 11 is 5.31. The summed E-state index contributed by atoms with van der Waals surface area (Å²) in [4.78, 5) is 41.3. The Labute approximate surface area is 165 Å². The maximum atomic E-state index is 12.9. The molecule has 1 saturated heterocycles. The van der Waals surface area contributed by atoms with Gasteiger partial charge in [-0.15, -0.1) is 0 Å². The van der Waals surface area contributed by atoms with Gasteiger partial charge in [0.2, 0.25) is 18.6 Å². The summed E-state index contributed by atoms with van der Waals surface area (Å²) in [6.45, 7) is 1.28. The number of nitrogens with two attached hydrogens (primary N) is 1. The van der Waals surface area contributed by atoms with Crippen LogP contribution in [0.3, 0.4) is 0 Å². The lowest BCUT2D eigenvalue weighted by Crippen LogP contribution is -2.42. The number of ether oxygens (including phenoxy) is 2. The number of amides is 2. The van der Waals surface area contributed by atoms with Crippen LogP contribution in [-0.4, -0.2) is 46.1 Å². The Morgan fingerprint density at radius 2 is 1.89 bits per heavy atom. The molecule has 1 fully saturated rings. The van der Waals surface area contributed by atoms with Crippen LogP contribution in [0.5, 0.6) is 11.5 Å². The van der Waals surface area contributed by atoms with Crippen LogP contribution in [0.25, 0.3) is 10.9 Å². The number of hydrogen-bond donors (Lipinski definition) is 2. The zero-order chi connectivity index (χ0) is 19.8. The van der Waals surface area contributed by atoms with Crippen LogP contribution in [-0.2, 0) is 16.1 Å². The first-order valence-electron chi connectivity index (χ1n) is 9.07. The minimum atomic E-state index is -0.318. The monoisotopic (exact) mass is 404 g/mol.